The van der Waals surface area contributed by atoms with E-state index in [1.165, 1.54) is 36.3 Å². The summed E-state index contributed by atoms with van der Waals surface area (Å²) < 4.78 is 39.0. The topological polar surface area (TPSA) is 117 Å². The maximum atomic E-state index is 13.4. The first-order valence-corrected chi connectivity index (χ1v) is 10.8. The third kappa shape index (κ3) is 3.09. The molecule has 3 N–H and O–H groups in total. The minimum Gasteiger partial charge on any atom is -0.505 e. The Kier molecular flexibility index (Phi) is 4.53. The molecule has 10 heteroatoms. The molecule has 1 aliphatic rings. The van der Waals surface area contributed by atoms with Gasteiger partial charge in [-0.15, -0.1) is 0 Å². The highest BCUT2D eigenvalue weighted by Crippen LogP contribution is 2.44. The van der Waals surface area contributed by atoms with Gasteiger partial charge in [-0.05, 0) is 29.8 Å². The number of phenolic OH excluding ortho intramolecular Hbond substituents is 1. The van der Waals surface area contributed by atoms with Gasteiger partial charge in [0.25, 0.3) is 5.91 Å². The van der Waals surface area contributed by atoms with Crippen molar-refractivity contribution in [3.63, 3.8) is 0 Å². The zero-order valence-corrected chi connectivity index (χ0v) is 17.1. The van der Waals surface area contributed by atoms with Crippen molar-refractivity contribution in [3.8, 4) is 5.75 Å². The first-order valence-electron chi connectivity index (χ1n) is 8.99. The maximum Gasteiger partial charge on any atom is 0.258 e. The molecule has 1 aromatic heterocycles. The van der Waals surface area contributed by atoms with Crippen LogP contribution in [0.3, 0.4) is 0 Å². The quantitative estimate of drug-likeness (QED) is 0.613. The van der Waals surface area contributed by atoms with Crippen LogP contribution >= 0.6 is 0 Å². The fourth-order valence-corrected chi connectivity index (χ4v) is 4.24. The number of sulfonamides is 1. The van der Waals surface area contributed by atoms with Crippen molar-refractivity contribution >= 4 is 38.2 Å². The molecule has 156 valence electrons. The number of anilines is 2. The van der Waals surface area contributed by atoms with Crippen molar-refractivity contribution in [3.05, 3.63) is 59.0 Å². The molecule has 0 saturated carbocycles. The third-order valence-electron chi connectivity index (χ3n) is 5.24. The number of hydrogen-bond donors (Lipinski definition) is 2. The van der Waals surface area contributed by atoms with Crippen LogP contribution in [0.25, 0.3) is 10.9 Å². The molecule has 0 atom stereocenters. The Morgan fingerprint density at radius 2 is 2.07 bits per heavy atom. The van der Waals surface area contributed by atoms with E-state index in [2.05, 4.69) is 4.98 Å². The van der Waals surface area contributed by atoms with Gasteiger partial charge in [0.1, 0.15) is 11.3 Å². The molecule has 3 aromatic rings. The highest BCUT2D eigenvalue weighted by Gasteiger charge is 2.37. The molecule has 0 bridgehead atoms. The summed E-state index contributed by atoms with van der Waals surface area (Å²) in [5.74, 6) is -1.27. The van der Waals surface area contributed by atoms with E-state index >= 15 is 0 Å². The molecule has 8 nitrogen and oxygen atoms in total. The fourth-order valence-electron chi connectivity index (χ4n) is 3.70. The molecule has 0 aliphatic carbocycles. The lowest BCUT2D eigenvalue weighted by molar-refractivity contribution is 0.0765. The number of rotatable bonds is 4. The van der Waals surface area contributed by atoms with Crippen LogP contribution in [-0.4, -0.2) is 42.6 Å². The molecular weight excluding hydrogens is 411 g/mol. The van der Waals surface area contributed by atoms with Crippen LogP contribution in [-0.2, 0) is 23.1 Å². The van der Waals surface area contributed by atoms with Crippen LogP contribution in [0.1, 0.15) is 21.5 Å². The number of pyridine rings is 1. The van der Waals surface area contributed by atoms with Gasteiger partial charge in [-0.25, -0.2) is 12.8 Å². The van der Waals surface area contributed by atoms with E-state index in [0.717, 1.165) is 10.6 Å². The molecule has 0 radical (unpaired) electrons. The molecular formula is C20H19FN4O4S. The molecule has 1 aliphatic heterocycles. The predicted molar refractivity (Wildman–Crippen MR) is 111 cm³/mol. The standard InChI is InChI=1S/C20H19FN4O4S/c1-24(30(2,28)29)18-13-4-3-7-23-17(13)19(26)16-14(18)10-25(20(16)27)9-11-5-6-12(21)8-15(11)22/h3-8,26H,9-10,22H2,1-2H3. The van der Waals surface area contributed by atoms with Gasteiger partial charge in [0, 0.05) is 43.0 Å². The van der Waals surface area contributed by atoms with Crippen molar-refractivity contribution < 1.29 is 22.7 Å². The number of fused-ring (bicyclic) bond motifs is 2. The molecule has 0 fully saturated rings. The van der Waals surface area contributed by atoms with Crippen LogP contribution in [0.4, 0.5) is 15.8 Å². The van der Waals surface area contributed by atoms with E-state index in [9.17, 15) is 22.7 Å². The zero-order valence-electron chi connectivity index (χ0n) is 16.3. The molecule has 0 spiro atoms. The number of nitrogen functional groups attached to an aromatic ring is 1. The third-order valence-corrected chi connectivity index (χ3v) is 6.42. The maximum absolute atomic E-state index is 13.4. The lowest BCUT2D eigenvalue weighted by Gasteiger charge is -2.22. The summed E-state index contributed by atoms with van der Waals surface area (Å²) in [6.07, 6.45) is 2.51. The van der Waals surface area contributed by atoms with Gasteiger partial charge in [-0.3, -0.25) is 14.1 Å². The fraction of sp³-hybridized carbons (Fsp3) is 0.200. The molecule has 2 aromatic carbocycles. The van der Waals surface area contributed by atoms with Gasteiger partial charge < -0.3 is 15.7 Å². The highest BCUT2D eigenvalue weighted by molar-refractivity contribution is 7.92. The summed E-state index contributed by atoms with van der Waals surface area (Å²) in [7, 11) is -2.27. The zero-order chi connectivity index (χ0) is 21.8. The molecule has 0 saturated heterocycles. The van der Waals surface area contributed by atoms with E-state index in [0.29, 0.717) is 16.5 Å². The number of benzene rings is 2. The summed E-state index contributed by atoms with van der Waals surface area (Å²) in [5, 5.41) is 11.2. The highest BCUT2D eigenvalue weighted by atomic mass is 32.2. The average molecular weight is 430 g/mol. The number of hydrogen-bond acceptors (Lipinski definition) is 6. The Morgan fingerprint density at radius 3 is 2.73 bits per heavy atom. The van der Waals surface area contributed by atoms with Crippen LogP contribution in [0.5, 0.6) is 5.75 Å². The van der Waals surface area contributed by atoms with Crippen LogP contribution < -0.4 is 10.0 Å². The average Bonchev–Trinajstić information content (AvgIpc) is 3.00. The minimum absolute atomic E-state index is 0.00684. The number of phenols is 1. The second-order valence-corrected chi connectivity index (χ2v) is 9.20. The number of amides is 1. The van der Waals surface area contributed by atoms with Crippen molar-refractivity contribution in [2.45, 2.75) is 13.1 Å². The van der Waals surface area contributed by atoms with Crippen LogP contribution in [0, 0.1) is 5.82 Å². The van der Waals surface area contributed by atoms with Crippen molar-refractivity contribution in [1.82, 2.24) is 9.88 Å². The van der Waals surface area contributed by atoms with Crippen molar-refractivity contribution in [1.29, 1.82) is 0 Å². The first kappa shape index (κ1) is 19.9. The molecule has 1 amide bonds. The van der Waals surface area contributed by atoms with Crippen LogP contribution in [0.15, 0.2) is 36.5 Å². The van der Waals surface area contributed by atoms with E-state index < -0.39 is 21.7 Å². The number of carbonyl (C=O) groups is 1. The van der Waals surface area contributed by atoms with E-state index in [1.807, 2.05) is 0 Å². The number of aromatic hydroxyl groups is 1. The second-order valence-electron chi connectivity index (χ2n) is 7.19. The van der Waals surface area contributed by atoms with E-state index in [1.54, 1.807) is 12.1 Å². The summed E-state index contributed by atoms with van der Waals surface area (Å²) in [4.78, 5) is 18.7. The number of nitrogens with two attached hydrogens (primary N) is 1. The van der Waals surface area contributed by atoms with Crippen LogP contribution in [0.2, 0.25) is 0 Å². The predicted octanol–water partition coefficient (Wildman–Crippen LogP) is 2.21. The minimum atomic E-state index is -3.65. The lowest BCUT2D eigenvalue weighted by atomic mass is 10.0. The number of aromatic nitrogens is 1. The van der Waals surface area contributed by atoms with Gasteiger partial charge in [-0.1, -0.05) is 6.07 Å². The Hall–Kier alpha value is -3.40. The normalized spacial score (nSPS) is 13.7. The van der Waals surface area contributed by atoms with Crippen molar-refractivity contribution in [2.24, 2.45) is 0 Å². The number of halogens is 1. The number of carbonyl (C=O) groups excluding carboxylic acids is 1. The largest absolute Gasteiger partial charge is 0.505 e. The lowest BCUT2D eigenvalue weighted by Crippen LogP contribution is -2.26. The van der Waals surface area contributed by atoms with Gasteiger partial charge in [0.15, 0.2) is 5.75 Å². The monoisotopic (exact) mass is 430 g/mol. The smallest absolute Gasteiger partial charge is 0.258 e. The van der Waals surface area contributed by atoms with Gasteiger partial charge >= 0.3 is 0 Å². The van der Waals surface area contributed by atoms with E-state index in [4.69, 9.17) is 5.73 Å². The molecule has 2 heterocycles. The Morgan fingerprint density at radius 1 is 1.33 bits per heavy atom. The first-order chi connectivity index (χ1) is 14.1. The van der Waals surface area contributed by atoms with E-state index in [-0.39, 0.29) is 41.3 Å². The Balaban J connectivity index is 1.89. The molecule has 30 heavy (non-hydrogen) atoms. The SMILES string of the molecule is CN(c1c2c(c(O)c3ncccc13)C(=O)N(Cc1ccc(F)cc1N)C2)S(C)(=O)=O. The summed E-state index contributed by atoms with van der Waals surface area (Å²) >= 11 is 0. The second kappa shape index (κ2) is 6.84. The Labute approximate surface area is 172 Å². The van der Waals surface area contributed by atoms with Crippen molar-refractivity contribution in [2.75, 3.05) is 23.3 Å². The van der Waals surface area contributed by atoms with Gasteiger partial charge in [0.05, 0.1) is 17.5 Å². The van der Waals surface area contributed by atoms with Gasteiger partial charge in [-0.2, -0.15) is 0 Å². The summed E-state index contributed by atoms with van der Waals surface area (Å²) in [6.45, 7) is 0.128. The molecule has 0 unspecified atom stereocenters. The number of nitrogens with zero attached hydrogens (tertiary/aromatic N) is 3. The molecule has 4 rings (SSSR count). The van der Waals surface area contributed by atoms with Gasteiger partial charge in [0.2, 0.25) is 10.0 Å². The summed E-state index contributed by atoms with van der Waals surface area (Å²) in [5.41, 5.74) is 7.42. The Bertz CT molecular complexity index is 1310. The summed E-state index contributed by atoms with van der Waals surface area (Å²) in [6, 6.07) is 7.17.